The van der Waals surface area contributed by atoms with Gasteiger partial charge in [0.05, 0.1) is 0 Å². The van der Waals surface area contributed by atoms with Gasteiger partial charge in [-0.2, -0.15) is 0 Å². The maximum Gasteiger partial charge on any atom is 0.265 e. The van der Waals surface area contributed by atoms with Crippen molar-refractivity contribution in [3.63, 3.8) is 0 Å². The van der Waals surface area contributed by atoms with Crippen molar-refractivity contribution in [2.45, 2.75) is 20.0 Å². The first-order chi connectivity index (χ1) is 9.95. The SMILES string of the molecule is Cc1cc(I)ccc1NC(=O)C(C)Oc1ccc(F)cc1. The Bertz CT molecular complexity index is 643. The summed E-state index contributed by atoms with van der Waals surface area (Å²) in [5.41, 5.74) is 1.75. The van der Waals surface area contributed by atoms with Crippen LogP contribution in [0.1, 0.15) is 12.5 Å². The monoisotopic (exact) mass is 399 g/mol. The van der Waals surface area contributed by atoms with Gasteiger partial charge in [-0.1, -0.05) is 0 Å². The van der Waals surface area contributed by atoms with Gasteiger partial charge >= 0.3 is 0 Å². The third-order valence-corrected chi connectivity index (χ3v) is 3.61. The van der Waals surface area contributed by atoms with Crippen LogP contribution in [-0.2, 0) is 4.79 Å². The molecule has 1 atom stereocenters. The third kappa shape index (κ3) is 4.42. The molecule has 0 bridgehead atoms. The van der Waals surface area contributed by atoms with E-state index in [0.29, 0.717) is 5.75 Å². The molecule has 0 saturated carbocycles. The quantitative estimate of drug-likeness (QED) is 0.785. The van der Waals surface area contributed by atoms with Crippen molar-refractivity contribution in [1.82, 2.24) is 0 Å². The molecule has 2 aromatic rings. The average Bonchev–Trinajstić information content (AvgIpc) is 2.44. The summed E-state index contributed by atoms with van der Waals surface area (Å²) in [6.07, 6.45) is -0.672. The van der Waals surface area contributed by atoms with E-state index in [1.54, 1.807) is 6.92 Å². The molecule has 0 aliphatic carbocycles. The Labute approximate surface area is 136 Å². The minimum Gasteiger partial charge on any atom is -0.481 e. The van der Waals surface area contributed by atoms with Gasteiger partial charge in [0.1, 0.15) is 11.6 Å². The normalized spacial score (nSPS) is 11.8. The van der Waals surface area contributed by atoms with Crippen molar-refractivity contribution in [2.75, 3.05) is 5.32 Å². The van der Waals surface area contributed by atoms with Crippen LogP contribution in [0, 0.1) is 16.3 Å². The molecular formula is C16H15FINO2. The zero-order valence-electron chi connectivity index (χ0n) is 11.7. The molecule has 0 radical (unpaired) electrons. The van der Waals surface area contributed by atoms with E-state index in [1.165, 1.54) is 24.3 Å². The number of carbonyl (C=O) groups is 1. The molecule has 5 heteroatoms. The van der Waals surface area contributed by atoms with Crippen molar-refractivity contribution in [3.8, 4) is 5.75 Å². The number of halogens is 2. The molecule has 2 rings (SSSR count). The fraction of sp³-hybridized carbons (Fsp3) is 0.188. The molecular weight excluding hydrogens is 384 g/mol. The Morgan fingerprint density at radius 3 is 2.52 bits per heavy atom. The van der Waals surface area contributed by atoms with Crippen molar-refractivity contribution in [3.05, 3.63) is 57.4 Å². The number of amides is 1. The van der Waals surface area contributed by atoms with Gasteiger partial charge in [-0.15, -0.1) is 0 Å². The van der Waals surface area contributed by atoms with Gasteiger partial charge in [-0.25, -0.2) is 4.39 Å². The molecule has 0 saturated heterocycles. The first kappa shape index (κ1) is 15.8. The van der Waals surface area contributed by atoms with E-state index in [2.05, 4.69) is 27.9 Å². The van der Waals surface area contributed by atoms with E-state index in [9.17, 15) is 9.18 Å². The first-order valence-corrected chi connectivity index (χ1v) is 7.53. The number of aryl methyl sites for hydroxylation is 1. The number of hydrogen-bond donors (Lipinski definition) is 1. The van der Waals surface area contributed by atoms with E-state index >= 15 is 0 Å². The Kier molecular flexibility index (Phi) is 5.17. The topological polar surface area (TPSA) is 38.3 Å². The summed E-state index contributed by atoms with van der Waals surface area (Å²) >= 11 is 2.22. The second-order valence-electron chi connectivity index (χ2n) is 4.66. The van der Waals surface area contributed by atoms with Gasteiger partial charge in [0.25, 0.3) is 5.91 Å². The molecule has 0 aromatic heterocycles. The number of rotatable bonds is 4. The van der Waals surface area contributed by atoms with Crippen LogP contribution in [0.3, 0.4) is 0 Å². The summed E-state index contributed by atoms with van der Waals surface area (Å²) < 4.78 is 19.4. The molecule has 1 amide bonds. The van der Waals surface area contributed by atoms with Gasteiger partial charge in [-0.05, 0) is 84.5 Å². The lowest BCUT2D eigenvalue weighted by Gasteiger charge is -2.15. The van der Waals surface area contributed by atoms with Crippen molar-refractivity contribution in [1.29, 1.82) is 0 Å². The second kappa shape index (κ2) is 6.89. The van der Waals surface area contributed by atoms with E-state index in [-0.39, 0.29) is 11.7 Å². The standard InChI is InChI=1S/C16H15FINO2/c1-10-9-13(18)5-8-15(10)19-16(20)11(2)21-14-6-3-12(17)4-7-14/h3-9,11H,1-2H3,(H,19,20). The van der Waals surface area contributed by atoms with Gasteiger partial charge in [0, 0.05) is 9.26 Å². The average molecular weight is 399 g/mol. The lowest BCUT2D eigenvalue weighted by atomic mass is 10.2. The number of anilines is 1. The van der Waals surface area contributed by atoms with Crippen LogP contribution in [-0.4, -0.2) is 12.0 Å². The second-order valence-corrected chi connectivity index (χ2v) is 5.91. The molecule has 1 unspecified atom stereocenters. The van der Waals surface area contributed by atoms with Gasteiger partial charge in [-0.3, -0.25) is 4.79 Å². The lowest BCUT2D eigenvalue weighted by Crippen LogP contribution is -2.30. The Balaban J connectivity index is 2.00. The summed E-state index contributed by atoms with van der Waals surface area (Å²) in [7, 11) is 0. The van der Waals surface area contributed by atoms with Gasteiger partial charge < -0.3 is 10.1 Å². The van der Waals surface area contributed by atoms with E-state index < -0.39 is 6.10 Å². The highest BCUT2D eigenvalue weighted by atomic mass is 127. The predicted molar refractivity (Wildman–Crippen MR) is 89.0 cm³/mol. The van der Waals surface area contributed by atoms with Crippen molar-refractivity contribution < 1.29 is 13.9 Å². The molecule has 21 heavy (non-hydrogen) atoms. The highest BCUT2D eigenvalue weighted by Crippen LogP contribution is 2.19. The number of ether oxygens (including phenoxy) is 1. The number of carbonyl (C=O) groups excluding carboxylic acids is 1. The van der Waals surface area contributed by atoms with Crippen molar-refractivity contribution in [2.24, 2.45) is 0 Å². The Morgan fingerprint density at radius 1 is 1.24 bits per heavy atom. The lowest BCUT2D eigenvalue weighted by molar-refractivity contribution is -0.122. The van der Waals surface area contributed by atoms with E-state index in [4.69, 9.17) is 4.74 Å². The fourth-order valence-electron chi connectivity index (χ4n) is 1.77. The summed E-state index contributed by atoms with van der Waals surface area (Å²) in [6, 6.07) is 11.4. The third-order valence-electron chi connectivity index (χ3n) is 2.94. The molecule has 3 nitrogen and oxygen atoms in total. The highest BCUT2D eigenvalue weighted by Gasteiger charge is 2.15. The smallest absolute Gasteiger partial charge is 0.265 e. The zero-order valence-corrected chi connectivity index (χ0v) is 13.8. The largest absolute Gasteiger partial charge is 0.481 e. The van der Waals surface area contributed by atoms with Crippen LogP contribution in [0.5, 0.6) is 5.75 Å². The molecule has 0 aliphatic heterocycles. The Morgan fingerprint density at radius 2 is 1.90 bits per heavy atom. The summed E-state index contributed by atoms with van der Waals surface area (Å²) in [5, 5.41) is 2.83. The molecule has 1 N–H and O–H groups in total. The number of benzene rings is 2. The van der Waals surface area contributed by atoms with Gasteiger partial charge in [0.15, 0.2) is 6.10 Å². The molecule has 0 fully saturated rings. The van der Waals surface area contributed by atoms with E-state index in [1.807, 2.05) is 25.1 Å². The zero-order chi connectivity index (χ0) is 15.4. The fourth-order valence-corrected chi connectivity index (χ4v) is 2.42. The summed E-state index contributed by atoms with van der Waals surface area (Å²) in [6.45, 7) is 3.59. The summed E-state index contributed by atoms with van der Waals surface area (Å²) in [5.74, 6) is -0.129. The van der Waals surface area contributed by atoms with Crippen LogP contribution in [0.4, 0.5) is 10.1 Å². The Hall–Kier alpha value is -1.63. The molecule has 0 spiro atoms. The van der Waals surface area contributed by atoms with Crippen LogP contribution >= 0.6 is 22.6 Å². The highest BCUT2D eigenvalue weighted by molar-refractivity contribution is 14.1. The number of hydrogen-bond acceptors (Lipinski definition) is 2. The molecule has 110 valence electrons. The molecule has 0 aliphatic rings. The summed E-state index contributed by atoms with van der Waals surface area (Å²) in [4.78, 5) is 12.1. The maximum atomic E-state index is 12.8. The minimum atomic E-state index is -0.672. The van der Waals surface area contributed by atoms with Crippen LogP contribution < -0.4 is 10.1 Å². The van der Waals surface area contributed by atoms with Crippen LogP contribution in [0.25, 0.3) is 0 Å². The first-order valence-electron chi connectivity index (χ1n) is 6.45. The predicted octanol–water partition coefficient (Wildman–Crippen LogP) is 4.14. The molecule has 0 heterocycles. The van der Waals surface area contributed by atoms with Gasteiger partial charge in [0.2, 0.25) is 0 Å². The van der Waals surface area contributed by atoms with E-state index in [0.717, 1.165) is 14.8 Å². The molecule has 2 aromatic carbocycles. The number of nitrogens with one attached hydrogen (secondary N) is 1. The maximum absolute atomic E-state index is 12.8. The minimum absolute atomic E-state index is 0.247. The van der Waals surface area contributed by atoms with Crippen LogP contribution in [0.15, 0.2) is 42.5 Å². The van der Waals surface area contributed by atoms with Crippen LogP contribution in [0.2, 0.25) is 0 Å². The van der Waals surface area contributed by atoms with Crippen molar-refractivity contribution >= 4 is 34.2 Å².